The van der Waals surface area contributed by atoms with Gasteiger partial charge in [0.2, 0.25) is 0 Å². The molecule has 0 aliphatic rings. The maximum Gasteiger partial charge on any atom is 0.265 e. The Morgan fingerprint density at radius 2 is 1.51 bits per heavy atom. The number of thioether (sulfide) groups is 1. The topological polar surface area (TPSA) is 81.1 Å². The van der Waals surface area contributed by atoms with Gasteiger partial charge in [0.05, 0.1) is 22.5 Å². The second kappa shape index (κ2) is 13.2. The fourth-order valence-electron chi connectivity index (χ4n) is 4.65. The maximum absolute atomic E-state index is 13.1. The zero-order valence-electron chi connectivity index (χ0n) is 23.0. The minimum absolute atomic E-state index is 0.0418. The lowest BCUT2D eigenvalue weighted by Gasteiger charge is -2.11. The van der Waals surface area contributed by atoms with Gasteiger partial charge in [0.15, 0.2) is 5.16 Å². The number of amides is 1. The molecule has 8 heteroatoms. The molecule has 4 aromatic carbocycles. The van der Waals surface area contributed by atoms with E-state index in [0.29, 0.717) is 6.54 Å². The van der Waals surface area contributed by atoms with Crippen LogP contribution in [0.3, 0.4) is 0 Å². The van der Waals surface area contributed by atoms with E-state index in [1.807, 2.05) is 18.2 Å². The molecule has 5 rings (SSSR count). The summed E-state index contributed by atoms with van der Waals surface area (Å²) in [4.78, 5) is 18.0. The molecule has 41 heavy (non-hydrogen) atoms. The van der Waals surface area contributed by atoms with Crippen molar-refractivity contribution < 1.29 is 13.2 Å². The molecule has 0 aliphatic carbocycles. The molecule has 0 saturated carbocycles. The third-order valence-corrected chi connectivity index (χ3v) is 9.30. The van der Waals surface area contributed by atoms with Crippen LogP contribution in [0.2, 0.25) is 0 Å². The Morgan fingerprint density at radius 1 is 0.829 bits per heavy atom. The Labute approximate surface area is 245 Å². The van der Waals surface area contributed by atoms with E-state index in [1.165, 1.54) is 31.4 Å². The van der Waals surface area contributed by atoms with Gasteiger partial charge in [-0.1, -0.05) is 111 Å². The van der Waals surface area contributed by atoms with Crippen LogP contribution in [0.4, 0.5) is 0 Å². The predicted octanol–water partition coefficient (Wildman–Crippen LogP) is 7.54. The van der Waals surface area contributed by atoms with Crippen LogP contribution in [-0.2, 0) is 16.6 Å². The summed E-state index contributed by atoms with van der Waals surface area (Å²) in [6.07, 6.45) is 4.70. The highest BCUT2D eigenvalue weighted by Crippen LogP contribution is 2.28. The Balaban J connectivity index is 1.43. The number of benzene rings is 4. The molecule has 0 radical (unpaired) electrons. The number of sulfonamides is 1. The second-order valence-electron chi connectivity index (χ2n) is 9.90. The van der Waals surface area contributed by atoms with E-state index in [9.17, 15) is 13.2 Å². The smallest absolute Gasteiger partial charge is 0.265 e. The third kappa shape index (κ3) is 7.07. The summed E-state index contributed by atoms with van der Waals surface area (Å²) >= 11 is 1.72. The van der Waals surface area contributed by atoms with E-state index in [2.05, 4.69) is 52.6 Å². The summed E-state index contributed by atoms with van der Waals surface area (Å²) in [6, 6.07) is 31.8. The lowest BCUT2D eigenvalue weighted by atomic mass is 10.0. The number of fused-ring (bicyclic) bond motifs is 1. The van der Waals surface area contributed by atoms with E-state index >= 15 is 0 Å². The highest BCUT2D eigenvalue weighted by molar-refractivity contribution is 7.99. The second-order valence-corrected chi connectivity index (χ2v) is 12.6. The van der Waals surface area contributed by atoms with Crippen LogP contribution in [-0.4, -0.2) is 29.6 Å². The van der Waals surface area contributed by atoms with E-state index in [1.54, 1.807) is 48.2 Å². The van der Waals surface area contributed by atoms with Gasteiger partial charge >= 0.3 is 0 Å². The largest absolute Gasteiger partial charge is 0.314 e. The normalized spacial score (nSPS) is 11.5. The Kier molecular flexibility index (Phi) is 9.21. The van der Waals surface area contributed by atoms with E-state index < -0.39 is 15.9 Å². The third-order valence-electron chi connectivity index (χ3n) is 6.89. The van der Waals surface area contributed by atoms with Crippen LogP contribution >= 0.6 is 11.8 Å². The number of carbonyl (C=O) groups is 1. The van der Waals surface area contributed by atoms with Crippen molar-refractivity contribution >= 4 is 38.7 Å². The zero-order chi connectivity index (χ0) is 28.7. The summed E-state index contributed by atoms with van der Waals surface area (Å²) in [5.41, 5.74) is 5.24. The molecule has 0 saturated heterocycles. The van der Waals surface area contributed by atoms with Crippen LogP contribution < -0.4 is 4.72 Å². The summed E-state index contributed by atoms with van der Waals surface area (Å²) in [6.45, 7) is 2.78. The molecule has 0 unspecified atom stereocenters. The van der Waals surface area contributed by atoms with Crippen molar-refractivity contribution in [2.45, 2.75) is 49.2 Å². The van der Waals surface area contributed by atoms with E-state index in [-0.39, 0.29) is 10.5 Å². The number of hydrogen-bond donors (Lipinski definition) is 1. The zero-order valence-corrected chi connectivity index (χ0v) is 24.6. The van der Waals surface area contributed by atoms with Crippen molar-refractivity contribution in [2.75, 3.05) is 5.75 Å². The van der Waals surface area contributed by atoms with Gasteiger partial charge in [0.1, 0.15) is 0 Å². The number of nitrogens with one attached hydrogen (secondary N) is 1. The molecule has 0 bridgehead atoms. The van der Waals surface area contributed by atoms with Crippen molar-refractivity contribution in [3.05, 3.63) is 114 Å². The number of rotatable bonds is 12. The Bertz CT molecular complexity index is 1720. The molecular weight excluding hydrogens is 551 g/mol. The van der Waals surface area contributed by atoms with Gasteiger partial charge in [-0.2, -0.15) is 0 Å². The quantitative estimate of drug-likeness (QED) is 0.121. The molecule has 1 aromatic heterocycles. The van der Waals surface area contributed by atoms with Crippen LogP contribution in [0.25, 0.3) is 22.2 Å². The van der Waals surface area contributed by atoms with Crippen molar-refractivity contribution in [1.29, 1.82) is 0 Å². The molecule has 0 aliphatic heterocycles. The van der Waals surface area contributed by atoms with Gasteiger partial charge in [-0.15, -0.1) is 0 Å². The fourth-order valence-corrected chi connectivity index (χ4v) is 6.66. The molecule has 0 spiro atoms. The molecule has 5 aromatic rings. The van der Waals surface area contributed by atoms with E-state index in [0.717, 1.165) is 45.1 Å². The first kappa shape index (κ1) is 28.6. The van der Waals surface area contributed by atoms with Crippen LogP contribution in [0.15, 0.2) is 113 Å². The molecule has 210 valence electrons. The molecule has 0 atom stereocenters. The molecule has 6 nitrogen and oxygen atoms in total. The maximum atomic E-state index is 13.1. The minimum Gasteiger partial charge on any atom is -0.314 e. The highest BCUT2D eigenvalue weighted by atomic mass is 32.2. The number of carbonyl (C=O) groups excluding carboxylic acids is 1. The predicted molar refractivity (Wildman–Crippen MR) is 167 cm³/mol. The van der Waals surface area contributed by atoms with Crippen molar-refractivity contribution in [3.8, 4) is 11.1 Å². The van der Waals surface area contributed by atoms with Gasteiger partial charge < -0.3 is 4.57 Å². The average molecular weight is 584 g/mol. The molecule has 1 amide bonds. The number of nitrogens with zero attached hydrogens (tertiary/aromatic N) is 2. The van der Waals surface area contributed by atoms with Crippen molar-refractivity contribution in [3.63, 3.8) is 0 Å². The summed E-state index contributed by atoms with van der Waals surface area (Å²) in [5, 5.41) is 0.887. The number of imidazole rings is 1. The molecule has 1 heterocycles. The van der Waals surface area contributed by atoms with Crippen LogP contribution in [0, 0.1) is 0 Å². The first-order chi connectivity index (χ1) is 19.9. The summed E-state index contributed by atoms with van der Waals surface area (Å²) < 4.78 is 29.9. The molecule has 0 fully saturated rings. The number of aromatic nitrogens is 2. The number of hydrogen-bond acceptors (Lipinski definition) is 5. The summed E-state index contributed by atoms with van der Waals surface area (Å²) in [5.74, 6) is 0.281. The molecule has 1 N–H and O–H groups in total. The summed E-state index contributed by atoms with van der Waals surface area (Å²) in [7, 11) is -3.99. The minimum atomic E-state index is -3.99. The van der Waals surface area contributed by atoms with Crippen LogP contribution in [0.1, 0.15) is 48.5 Å². The standard InChI is InChI=1S/C33H33N3O3S2/c1-2-3-4-11-22-40-33-34-30-21-20-28(32(37)35-41(38,39)29-14-9-6-10-15-29)23-31(30)36(33)24-25-16-18-27(19-17-25)26-12-7-5-8-13-26/h5-10,12-21,23H,2-4,11,22,24H2,1H3,(H,35,37). The lowest BCUT2D eigenvalue weighted by molar-refractivity contribution is 0.0981. The van der Waals surface area contributed by atoms with Gasteiger partial charge in [-0.05, 0) is 53.4 Å². The molecular formula is C33H33N3O3S2. The van der Waals surface area contributed by atoms with Gasteiger partial charge in [-0.25, -0.2) is 18.1 Å². The van der Waals surface area contributed by atoms with Gasteiger partial charge in [0.25, 0.3) is 15.9 Å². The first-order valence-electron chi connectivity index (χ1n) is 13.8. The first-order valence-corrected chi connectivity index (χ1v) is 16.3. The highest BCUT2D eigenvalue weighted by Gasteiger charge is 2.20. The monoisotopic (exact) mass is 583 g/mol. The number of unbranched alkanes of at least 4 members (excludes halogenated alkanes) is 3. The van der Waals surface area contributed by atoms with Crippen molar-refractivity contribution in [2.24, 2.45) is 0 Å². The fraction of sp³-hybridized carbons (Fsp3) is 0.212. The van der Waals surface area contributed by atoms with Crippen molar-refractivity contribution in [1.82, 2.24) is 14.3 Å². The van der Waals surface area contributed by atoms with Crippen LogP contribution in [0.5, 0.6) is 0 Å². The Morgan fingerprint density at radius 3 is 2.22 bits per heavy atom. The average Bonchev–Trinajstić information content (AvgIpc) is 3.34. The van der Waals surface area contributed by atoms with E-state index in [4.69, 9.17) is 4.98 Å². The van der Waals surface area contributed by atoms with Gasteiger partial charge in [0, 0.05) is 11.3 Å². The Hall–Kier alpha value is -3.88. The lowest BCUT2D eigenvalue weighted by Crippen LogP contribution is -2.30. The van der Waals surface area contributed by atoms with Gasteiger partial charge in [-0.3, -0.25) is 4.79 Å². The SMILES string of the molecule is CCCCCCSc1nc2ccc(C(=O)NS(=O)(=O)c3ccccc3)cc2n1Cc1ccc(-c2ccccc2)cc1.